The Bertz CT molecular complexity index is 2070. The number of unbranched alkanes of at least 4 members (excludes halogenated alkanes) is 13. The van der Waals surface area contributed by atoms with E-state index in [0.29, 0.717) is 25.7 Å². The second kappa shape index (κ2) is 40.4. The molecule has 1 fully saturated rings. The third-order valence-electron chi connectivity index (χ3n) is 11.8. The first-order valence-electron chi connectivity index (χ1n) is 26.9. The second-order valence-corrected chi connectivity index (χ2v) is 22.1. The zero-order chi connectivity index (χ0) is 55.2. The van der Waals surface area contributed by atoms with Crippen LogP contribution in [-0.4, -0.2) is 96.9 Å². The van der Waals surface area contributed by atoms with Crippen molar-refractivity contribution >= 4 is 33.4 Å². The third kappa shape index (κ3) is 33.8. The van der Waals surface area contributed by atoms with E-state index in [1.807, 2.05) is 54.7 Å². The molecule has 1 aromatic heterocycles. The zero-order valence-corrected chi connectivity index (χ0v) is 46.4. The molecule has 2 rings (SSSR count). The molecule has 0 bridgehead atoms. The number of carbonyl (C=O) groups excluding carboxylic acids is 2. The highest BCUT2D eigenvalue weighted by Gasteiger charge is 2.46. The number of ether oxygens (including phenoxy) is 3. The molecule has 0 amide bonds. The maximum absolute atomic E-state index is 12.9. The number of anilines is 1. The van der Waals surface area contributed by atoms with Crippen LogP contribution in [0.25, 0.3) is 0 Å². The van der Waals surface area contributed by atoms with Crippen molar-refractivity contribution in [3.05, 3.63) is 95.7 Å². The van der Waals surface area contributed by atoms with Crippen molar-refractivity contribution in [1.82, 2.24) is 9.55 Å². The Morgan fingerprint density at radius 1 is 0.747 bits per heavy atom. The summed E-state index contributed by atoms with van der Waals surface area (Å²) in [5.41, 5.74) is 4.58. The first-order valence-corrected chi connectivity index (χ1v) is 29.9. The molecule has 75 heavy (non-hydrogen) atoms. The fraction of sp³-hybridized carbons (Fsp3) is 0.667. The van der Waals surface area contributed by atoms with Crippen molar-refractivity contribution < 1.29 is 71.4 Å². The van der Waals surface area contributed by atoms with Crippen molar-refractivity contribution in [2.45, 2.75) is 205 Å². The van der Waals surface area contributed by atoms with Crippen LogP contribution in [-0.2, 0) is 46.3 Å². The molecule has 19 nitrogen and oxygen atoms in total. The SMILES string of the molecule is CC/C=C\CC(O)/C=C/C=C/C/C=C\C/C=C\C/C=C\CCC(=O)OC[C@H](COP(=O)(O)OP(=O)(O)OC[C@H]1O[C@@H](n2ccc(N)nc2=O)[C@H](O)[C@@H]1O)OC(=O)CCCCCCCCCCCCCCCCC(C)C. The number of aromatic nitrogens is 2. The topological polar surface area (TPSA) is 286 Å². The van der Waals surface area contributed by atoms with Crippen molar-refractivity contribution in [2.24, 2.45) is 5.92 Å². The normalized spacial score (nSPS) is 19.9. The molecule has 0 saturated carbocycles. The molecule has 3 unspecified atom stereocenters. The lowest BCUT2D eigenvalue weighted by molar-refractivity contribution is -0.161. The maximum atomic E-state index is 12.9. The summed E-state index contributed by atoms with van der Waals surface area (Å²) in [5, 5.41) is 30.8. The monoisotopic (exact) mass is 1100 g/mol. The summed E-state index contributed by atoms with van der Waals surface area (Å²) in [6, 6.07) is 1.24. The first kappa shape index (κ1) is 67.3. The molecular weight excluding hydrogens is 1010 g/mol. The molecule has 1 saturated heterocycles. The van der Waals surface area contributed by atoms with Crippen LogP contribution in [0.5, 0.6) is 0 Å². The zero-order valence-electron chi connectivity index (χ0n) is 44.6. The van der Waals surface area contributed by atoms with Gasteiger partial charge in [0.25, 0.3) is 0 Å². The van der Waals surface area contributed by atoms with Gasteiger partial charge in [0.1, 0.15) is 30.7 Å². The number of hydrogen-bond donors (Lipinski definition) is 6. The lowest BCUT2D eigenvalue weighted by Gasteiger charge is -2.21. The number of hydrogen-bond acceptors (Lipinski definition) is 16. The molecular formula is C54H89N3O16P2. The summed E-state index contributed by atoms with van der Waals surface area (Å²) < 4.78 is 56.8. The quantitative estimate of drug-likeness (QED) is 0.0116. The van der Waals surface area contributed by atoms with Gasteiger partial charge in [0.05, 0.1) is 19.3 Å². The Kier molecular flexibility index (Phi) is 36.2. The van der Waals surface area contributed by atoms with Gasteiger partial charge in [-0.3, -0.25) is 23.2 Å². The summed E-state index contributed by atoms with van der Waals surface area (Å²) in [4.78, 5) is 62.0. The number of nitrogen functional groups attached to an aromatic ring is 1. The van der Waals surface area contributed by atoms with Crippen molar-refractivity contribution in [3.8, 4) is 0 Å². The number of phosphoric acid groups is 2. The highest BCUT2D eigenvalue weighted by atomic mass is 31.3. The van der Waals surface area contributed by atoms with E-state index < -0.39 is 89.8 Å². The Morgan fingerprint density at radius 2 is 1.32 bits per heavy atom. The number of nitrogens with zero attached hydrogens (tertiary/aromatic N) is 2. The van der Waals surface area contributed by atoms with Gasteiger partial charge in [-0.15, -0.1) is 0 Å². The molecule has 8 atom stereocenters. The fourth-order valence-electron chi connectivity index (χ4n) is 7.67. The molecule has 0 aliphatic carbocycles. The van der Waals surface area contributed by atoms with Gasteiger partial charge in [-0.1, -0.05) is 184 Å². The van der Waals surface area contributed by atoms with Crippen molar-refractivity contribution in [3.63, 3.8) is 0 Å². The molecule has 2 heterocycles. The predicted molar refractivity (Wildman–Crippen MR) is 290 cm³/mol. The number of carbonyl (C=O) groups is 2. The highest BCUT2D eigenvalue weighted by molar-refractivity contribution is 7.61. The van der Waals surface area contributed by atoms with Crippen LogP contribution in [0.2, 0.25) is 0 Å². The molecule has 0 radical (unpaired) electrons. The second-order valence-electron chi connectivity index (χ2n) is 19.0. The van der Waals surface area contributed by atoms with Crippen LogP contribution in [0.1, 0.15) is 175 Å². The van der Waals surface area contributed by atoms with E-state index in [4.69, 9.17) is 29.0 Å². The number of nitrogens with two attached hydrogens (primary N) is 1. The van der Waals surface area contributed by atoms with E-state index in [1.165, 1.54) is 70.3 Å². The summed E-state index contributed by atoms with van der Waals surface area (Å²) in [5.74, 6) is -0.636. The maximum Gasteiger partial charge on any atom is 0.481 e. The van der Waals surface area contributed by atoms with Gasteiger partial charge in [-0.25, -0.2) is 13.9 Å². The lowest BCUT2D eigenvalue weighted by atomic mass is 10.0. The van der Waals surface area contributed by atoms with Gasteiger partial charge < -0.3 is 45.1 Å². The van der Waals surface area contributed by atoms with E-state index in [2.05, 4.69) is 42.2 Å². The van der Waals surface area contributed by atoms with E-state index in [1.54, 1.807) is 6.08 Å². The Labute approximate surface area is 445 Å². The van der Waals surface area contributed by atoms with Gasteiger partial charge in [0.2, 0.25) is 0 Å². The average Bonchev–Trinajstić information content (AvgIpc) is 3.63. The molecule has 0 spiro atoms. The molecule has 21 heteroatoms. The van der Waals surface area contributed by atoms with Gasteiger partial charge >= 0.3 is 33.3 Å². The summed E-state index contributed by atoms with van der Waals surface area (Å²) in [6.45, 7) is 4.20. The van der Waals surface area contributed by atoms with E-state index in [-0.39, 0.29) is 18.7 Å². The minimum Gasteiger partial charge on any atom is -0.462 e. The molecule has 7 N–H and O–H groups in total. The Hall–Kier alpha value is -3.84. The summed E-state index contributed by atoms with van der Waals surface area (Å²) >= 11 is 0. The Morgan fingerprint density at radius 3 is 1.92 bits per heavy atom. The number of aliphatic hydroxyl groups is 3. The van der Waals surface area contributed by atoms with Crippen LogP contribution >= 0.6 is 15.6 Å². The molecule has 1 aliphatic rings. The van der Waals surface area contributed by atoms with E-state index >= 15 is 0 Å². The predicted octanol–water partition coefficient (Wildman–Crippen LogP) is 10.5. The smallest absolute Gasteiger partial charge is 0.462 e. The number of rotatable bonds is 43. The Balaban J connectivity index is 1.82. The van der Waals surface area contributed by atoms with Gasteiger partial charge in [-0.2, -0.15) is 9.29 Å². The van der Waals surface area contributed by atoms with Crippen LogP contribution in [0, 0.1) is 5.92 Å². The summed E-state index contributed by atoms with van der Waals surface area (Å²) in [6.07, 6.45) is 37.5. The number of esters is 2. The van der Waals surface area contributed by atoms with Crippen LogP contribution in [0.4, 0.5) is 5.82 Å². The van der Waals surface area contributed by atoms with Crippen molar-refractivity contribution in [1.29, 1.82) is 0 Å². The van der Waals surface area contributed by atoms with Gasteiger partial charge in [-0.05, 0) is 56.9 Å². The van der Waals surface area contributed by atoms with Crippen LogP contribution in [0.15, 0.2) is 90.0 Å². The fourth-order valence-corrected chi connectivity index (χ4v) is 9.78. The highest BCUT2D eigenvalue weighted by Crippen LogP contribution is 2.60. The number of allylic oxidation sites excluding steroid dienone is 10. The number of aliphatic hydroxyl groups excluding tert-OH is 3. The van der Waals surface area contributed by atoms with Crippen LogP contribution in [0.3, 0.4) is 0 Å². The number of phosphoric ester groups is 2. The van der Waals surface area contributed by atoms with Crippen molar-refractivity contribution in [2.75, 3.05) is 25.6 Å². The third-order valence-corrected chi connectivity index (χ3v) is 14.4. The average molecular weight is 1100 g/mol. The van der Waals surface area contributed by atoms with Gasteiger partial charge in [0, 0.05) is 19.0 Å². The van der Waals surface area contributed by atoms with E-state index in [9.17, 15) is 48.6 Å². The molecule has 1 aliphatic heterocycles. The van der Waals surface area contributed by atoms with Gasteiger partial charge in [0.15, 0.2) is 12.3 Å². The van der Waals surface area contributed by atoms with E-state index in [0.717, 1.165) is 61.6 Å². The molecule has 426 valence electrons. The lowest BCUT2D eigenvalue weighted by Crippen LogP contribution is -2.36. The molecule has 0 aromatic carbocycles. The molecule has 1 aromatic rings. The largest absolute Gasteiger partial charge is 0.481 e. The van der Waals surface area contributed by atoms with Crippen LogP contribution < -0.4 is 11.4 Å². The summed E-state index contributed by atoms with van der Waals surface area (Å²) in [7, 11) is -10.9. The minimum atomic E-state index is -5.45. The minimum absolute atomic E-state index is 0.0157. The standard InChI is InChI=1S/C54H89N3O16P2/c1-4-5-29-35-45(58)36-31-26-22-18-14-10-8-12-15-19-23-27-32-37-49(59)68-41-46(71-50(60)38-33-28-24-20-16-11-7-6-9-13-17-21-25-30-34-44(2)3)42-69-74(64,65)73-75(66,67)70-43-47-51(61)52(62)53(72-47)57-40-39-48(55)56-54(57)63/h5,10,12,14-15,22-23,26-27,29,31,36,39-40,44-47,51-53,58,61-62H,4,6-9,11,13,16-21,24-25,28,30,32-35,37-38,41-43H2,1-3H3,(H,64,65)(H,66,67)(H2,55,56,63)/b14-10-,15-12-,26-22+,27-23-,29-5-,36-31+/t45?,46-,47-,51-,52-,53-/m1/s1. The first-order chi connectivity index (χ1) is 35.9.